The molecule has 1 nitrogen and oxygen atoms in total. The second-order valence-electron chi connectivity index (χ2n) is 0.809. The van der Waals surface area contributed by atoms with E-state index in [9.17, 15) is 0 Å². The Morgan fingerprint density at radius 3 is 2.67 bits per heavy atom. The highest BCUT2D eigenvalue weighted by molar-refractivity contribution is 7.98. The van der Waals surface area contributed by atoms with E-state index in [0.29, 0.717) is 0 Å². The Morgan fingerprint density at radius 2 is 2.50 bits per heavy atom. The second kappa shape index (κ2) is 5.31. The lowest BCUT2D eigenvalue weighted by molar-refractivity contribution is 0.264. The van der Waals surface area contributed by atoms with Gasteiger partial charge in [-0.15, -0.1) is 11.8 Å². The Bertz CT molecular complexity index is 19.5. The van der Waals surface area contributed by atoms with Crippen molar-refractivity contribution in [1.29, 1.82) is 0 Å². The Morgan fingerprint density at radius 1 is 1.83 bits per heavy atom. The third kappa shape index (κ3) is 4.31. The van der Waals surface area contributed by atoms with Crippen molar-refractivity contribution in [2.45, 2.75) is 6.92 Å². The van der Waals surface area contributed by atoms with E-state index < -0.39 is 0 Å². The van der Waals surface area contributed by atoms with Gasteiger partial charge in [0.1, 0.15) is 0 Å². The fourth-order valence-electron chi connectivity index (χ4n) is 0.136. The molecule has 0 fully saturated rings. The van der Waals surface area contributed by atoms with Gasteiger partial charge in [0.25, 0.3) is 0 Å². The lowest BCUT2D eigenvalue weighted by atomic mass is 10.9. The quantitative estimate of drug-likeness (QED) is 0.397. The Kier molecular flexibility index (Phi) is 5.58. The van der Waals surface area contributed by atoms with Crippen LogP contribution in [-0.2, 0) is 4.74 Å². The molecule has 0 unspecified atom stereocenters. The van der Waals surface area contributed by atoms with Crippen molar-refractivity contribution in [3.05, 3.63) is 6.61 Å². The first kappa shape index (κ1) is 6.31. The molecule has 0 N–H and O–H groups in total. The standard InChI is InChI=1S/C4H9OS/c1-3-5-4-6-2/h3H,4H2,1-2H3. The van der Waals surface area contributed by atoms with E-state index in [1.807, 2.05) is 13.2 Å². The summed E-state index contributed by atoms with van der Waals surface area (Å²) in [5.74, 6) is 0.774. The number of rotatable bonds is 3. The lowest BCUT2D eigenvalue weighted by Crippen LogP contribution is -1.78. The van der Waals surface area contributed by atoms with Crippen LogP contribution in [0.3, 0.4) is 0 Å². The number of hydrogen-bond donors (Lipinski definition) is 0. The summed E-state index contributed by atoms with van der Waals surface area (Å²) in [4.78, 5) is 0. The first-order chi connectivity index (χ1) is 2.91. The average molecular weight is 105 g/mol. The molecule has 0 saturated heterocycles. The monoisotopic (exact) mass is 105 g/mol. The maximum Gasteiger partial charge on any atom is 0.0923 e. The van der Waals surface area contributed by atoms with Crippen LogP contribution >= 0.6 is 11.8 Å². The number of ether oxygens (including phenoxy) is 1. The first-order valence-corrected chi connectivity index (χ1v) is 3.19. The summed E-state index contributed by atoms with van der Waals surface area (Å²) < 4.78 is 4.82. The molecule has 0 aromatic carbocycles. The van der Waals surface area contributed by atoms with Gasteiger partial charge in [0.2, 0.25) is 0 Å². The molecular formula is C4H9OS. The van der Waals surface area contributed by atoms with Crippen LogP contribution in [-0.4, -0.2) is 12.2 Å². The number of thioether (sulfide) groups is 1. The van der Waals surface area contributed by atoms with Gasteiger partial charge in [0.15, 0.2) is 0 Å². The zero-order valence-corrected chi connectivity index (χ0v) is 4.92. The molecule has 0 spiro atoms. The van der Waals surface area contributed by atoms with Crippen molar-refractivity contribution in [3.63, 3.8) is 0 Å². The van der Waals surface area contributed by atoms with Gasteiger partial charge in [0.05, 0.1) is 12.5 Å². The minimum absolute atomic E-state index is 0.774. The van der Waals surface area contributed by atoms with Gasteiger partial charge < -0.3 is 4.74 Å². The molecule has 0 aromatic heterocycles. The molecular weight excluding hydrogens is 96.1 g/mol. The fraction of sp³-hybridized carbons (Fsp3) is 0.750. The second-order valence-corrected chi connectivity index (χ2v) is 1.62. The normalized spacial score (nSPS) is 9.00. The molecule has 0 aliphatic heterocycles. The lowest BCUT2D eigenvalue weighted by Gasteiger charge is -1.90. The molecule has 0 atom stereocenters. The largest absolute Gasteiger partial charge is 0.365 e. The van der Waals surface area contributed by atoms with Gasteiger partial charge in [-0.3, -0.25) is 0 Å². The van der Waals surface area contributed by atoms with Gasteiger partial charge in [0, 0.05) is 0 Å². The molecule has 0 aliphatic rings. The summed E-state index contributed by atoms with van der Waals surface area (Å²) in [5.41, 5.74) is 0. The van der Waals surface area contributed by atoms with E-state index in [1.54, 1.807) is 18.4 Å². The minimum Gasteiger partial charge on any atom is -0.365 e. The van der Waals surface area contributed by atoms with Crippen LogP contribution in [0.25, 0.3) is 0 Å². The van der Waals surface area contributed by atoms with Crippen LogP contribution in [0.4, 0.5) is 0 Å². The average Bonchev–Trinajstić information content (AvgIpc) is 1.61. The molecule has 0 heterocycles. The van der Waals surface area contributed by atoms with Crippen LogP contribution in [0, 0.1) is 6.61 Å². The Labute approximate surface area is 43.1 Å². The highest BCUT2D eigenvalue weighted by Crippen LogP contribution is 1.91. The summed E-state index contributed by atoms with van der Waals surface area (Å²) in [6, 6.07) is 0. The summed E-state index contributed by atoms with van der Waals surface area (Å²) in [7, 11) is 0. The molecule has 0 aliphatic carbocycles. The molecule has 1 radical (unpaired) electrons. The van der Waals surface area contributed by atoms with Crippen molar-refractivity contribution >= 4 is 11.8 Å². The predicted octanol–water partition coefficient (Wildman–Crippen LogP) is 1.51. The van der Waals surface area contributed by atoms with E-state index >= 15 is 0 Å². The van der Waals surface area contributed by atoms with E-state index in [2.05, 4.69) is 0 Å². The van der Waals surface area contributed by atoms with E-state index in [4.69, 9.17) is 4.74 Å². The first-order valence-electron chi connectivity index (χ1n) is 1.80. The SMILES string of the molecule is C[CH]OCSC. The van der Waals surface area contributed by atoms with Gasteiger partial charge in [-0.25, -0.2) is 0 Å². The van der Waals surface area contributed by atoms with E-state index in [1.165, 1.54) is 0 Å². The molecule has 0 bridgehead atoms. The fourth-order valence-corrected chi connectivity index (χ4v) is 0.408. The zero-order valence-electron chi connectivity index (χ0n) is 4.10. The molecule has 0 saturated carbocycles. The summed E-state index contributed by atoms with van der Waals surface area (Å²) in [5, 5.41) is 0. The topological polar surface area (TPSA) is 9.23 Å². The third-order valence-electron chi connectivity index (χ3n) is 0.353. The van der Waals surface area contributed by atoms with Crippen LogP contribution in [0.1, 0.15) is 6.92 Å². The predicted molar refractivity (Wildman–Crippen MR) is 29.4 cm³/mol. The van der Waals surface area contributed by atoms with Crippen LogP contribution < -0.4 is 0 Å². The molecule has 0 aromatic rings. The van der Waals surface area contributed by atoms with Crippen LogP contribution in [0.5, 0.6) is 0 Å². The van der Waals surface area contributed by atoms with Crippen LogP contribution in [0.2, 0.25) is 0 Å². The van der Waals surface area contributed by atoms with Gasteiger partial charge in [-0.2, -0.15) is 0 Å². The van der Waals surface area contributed by atoms with Crippen molar-refractivity contribution in [3.8, 4) is 0 Å². The van der Waals surface area contributed by atoms with Gasteiger partial charge in [-0.05, 0) is 13.2 Å². The molecule has 2 heteroatoms. The maximum absolute atomic E-state index is 4.82. The Hall–Kier alpha value is 0.310. The van der Waals surface area contributed by atoms with Crippen molar-refractivity contribution in [1.82, 2.24) is 0 Å². The van der Waals surface area contributed by atoms with Crippen molar-refractivity contribution < 1.29 is 4.74 Å². The molecule has 0 rings (SSSR count). The third-order valence-corrected chi connectivity index (χ3v) is 0.724. The highest BCUT2D eigenvalue weighted by atomic mass is 32.2. The van der Waals surface area contributed by atoms with Gasteiger partial charge in [-0.1, -0.05) is 0 Å². The smallest absolute Gasteiger partial charge is 0.0923 e. The van der Waals surface area contributed by atoms with Crippen molar-refractivity contribution in [2.24, 2.45) is 0 Å². The molecule has 6 heavy (non-hydrogen) atoms. The highest BCUT2D eigenvalue weighted by Gasteiger charge is 1.73. The summed E-state index contributed by atoms with van der Waals surface area (Å²) in [6.45, 7) is 3.56. The van der Waals surface area contributed by atoms with Crippen LogP contribution in [0.15, 0.2) is 0 Å². The van der Waals surface area contributed by atoms with E-state index in [-0.39, 0.29) is 0 Å². The van der Waals surface area contributed by atoms with Gasteiger partial charge >= 0.3 is 0 Å². The summed E-state index contributed by atoms with van der Waals surface area (Å²) in [6.07, 6.45) is 2.00. The summed E-state index contributed by atoms with van der Waals surface area (Å²) >= 11 is 1.67. The number of hydrogen-bond acceptors (Lipinski definition) is 2. The maximum atomic E-state index is 4.82. The zero-order chi connectivity index (χ0) is 4.83. The Balaban J connectivity index is 2.34. The molecule has 37 valence electrons. The molecule has 0 amide bonds. The van der Waals surface area contributed by atoms with E-state index in [0.717, 1.165) is 5.94 Å². The van der Waals surface area contributed by atoms with Crippen molar-refractivity contribution in [2.75, 3.05) is 12.2 Å². The minimum atomic E-state index is 0.774.